The molecule has 0 atom stereocenters. The van der Waals surface area contributed by atoms with Crippen LogP contribution in [0.1, 0.15) is 18.4 Å². The number of hydrogen-bond acceptors (Lipinski definition) is 2. The van der Waals surface area contributed by atoms with E-state index in [-0.39, 0.29) is 29.8 Å². The first-order valence-corrected chi connectivity index (χ1v) is 7.68. The average Bonchev–Trinajstić information content (AvgIpc) is 3.23. The number of nitrogens with zero attached hydrogens (tertiary/aromatic N) is 2. The predicted octanol–water partition coefficient (Wildman–Crippen LogP) is 3.09. The smallest absolute Gasteiger partial charge is 0.191 e. The van der Waals surface area contributed by atoms with Crippen LogP contribution in [0.5, 0.6) is 0 Å². The zero-order chi connectivity index (χ0) is 13.7. The molecule has 0 bridgehead atoms. The van der Waals surface area contributed by atoms with E-state index < -0.39 is 0 Å². The molecular weight excluding hydrogens is 388 g/mol. The summed E-state index contributed by atoms with van der Waals surface area (Å²) in [7, 11) is 1.99. The molecule has 0 radical (unpaired) electrons. The van der Waals surface area contributed by atoms with Gasteiger partial charge >= 0.3 is 0 Å². The molecule has 1 aliphatic rings. The molecule has 1 saturated carbocycles. The molecule has 0 amide bonds. The first-order valence-electron chi connectivity index (χ1n) is 6.52. The summed E-state index contributed by atoms with van der Waals surface area (Å²) in [6, 6.07) is 7.48. The number of nitrogens with two attached hydrogens (primary N) is 1. The summed E-state index contributed by atoms with van der Waals surface area (Å²) in [5.74, 6) is 2.02. The summed E-state index contributed by atoms with van der Waals surface area (Å²) >= 11 is 1.68. The maximum absolute atomic E-state index is 13.4. The van der Waals surface area contributed by atoms with E-state index in [1.807, 2.05) is 24.1 Å². The molecule has 0 aliphatic heterocycles. The largest absolute Gasteiger partial charge is 0.370 e. The predicted molar refractivity (Wildman–Crippen MR) is 95.3 cm³/mol. The van der Waals surface area contributed by atoms with Gasteiger partial charge in [-0.25, -0.2) is 4.39 Å². The van der Waals surface area contributed by atoms with E-state index in [0.717, 1.165) is 11.3 Å². The van der Waals surface area contributed by atoms with E-state index >= 15 is 0 Å². The average molecular weight is 409 g/mol. The Kier molecular flexibility index (Phi) is 7.65. The molecule has 0 spiro atoms. The molecule has 0 heterocycles. The molecule has 2 rings (SSSR count). The van der Waals surface area contributed by atoms with Gasteiger partial charge in [0.2, 0.25) is 0 Å². The van der Waals surface area contributed by atoms with Crippen LogP contribution in [0.3, 0.4) is 0 Å². The molecule has 0 unspecified atom stereocenters. The lowest BCUT2D eigenvalue weighted by atomic mass is 10.2. The molecule has 1 fully saturated rings. The van der Waals surface area contributed by atoms with Crippen LogP contribution in [0.25, 0.3) is 0 Å². The number of thioether (sulfide) groups is 1. The lowest BCUT2D eigenvalue weighted by Crippen LogP contribution is -2.35. The zero-order valence-electron chi connectivity index (χ0n) is 11.6. The lowest BCUT2D eigenvalue weighted by Gasteiger charge is -2.16. The molecule has 6 heteroatoms. The minimum absolute atomic E-state index is 0. The van der Waals surface area contributed by atoms with Crippen LogP contribution in [-0.4, -0.2) is 36.2 Å². The Morgan fingerprint density at radius 3 is 2.80 bits per heavy atom. The summed E-state index contributed by atoms with van der Waals surface area (Å²) in [6.45, 7) is 0.683. The van der Waals surface area contributed by atoms with Crippen molar-refractivity contribution >= 4 is 41.7 Å². The lowest BCUT2D eigenvalue weighted by molar-refractivity contribution is 0.488. The zero-order valence-corrected chi connectivity index (χ0v) is 14.7. The van der Waals surface area contributed by atoms with E-state index in [4.69, 9.17) is 5.73 Å². The normalized spacial score (nSPS) is 14.8. The van der Waals surface area contributed by atoms with E-state index in [0.29, 0.717) is 24.3 Å². The van der Waals surface area contributed by atoms with Crippen LogP contribution in [-0.2, 0) is 5.75 Å². The van der Waals surface area contributed by atoms with E-state index in [1.165, 1.54) is 18.9 Å². The summed E-state index contributed by atoms with van der Waals surface area (Å²) < 4.78 is 13.4. The number of halogens is 2. The third kappa shape index (κ3) is 5.47. The second kappa shape index (κ2) is 8.71. The number of hydrogen-bond donors (Lipinski definition) is 1. The standard InChI is InChI=1S/C14H20FN3S.HI/c1-18(12-6-7-12)14(16)17-8-9-19-10-11-4-2-3-5-13(11)15;/h2-5,12H,6-10H2,1H3,(H2,16,17);1H. The van der Waals surface area contributed by atoms with E-state index in [1.54, 1.807) is 17.8 Å². The van der Waals surface area contributed by atoms with Crippen molar-refractivity contribution < 1.29 is 4.39 Å². The third-order valence-corrected chi connectivity index (χ3v) is 4.17. The van der Waals surface area contributed by atoms with Gasteiger partial charge in [0.1, 0.15) is 5.82 Å². The van der Waals surface area contributed by atoms with Crippen molar-refractivity contribution in [3.8, 4) is 0 Å². The first-order chi connectivity index (χ1) is 9.18. The highest BCUT2D eigenvalue weighted by molar-refractivity contribution is 14.0. The Balaban J connectivity index is 0.00000200. The molecule has 2 N–H and O–H groups in total. The monoisotopic (exact) mass is 409 g/mol. The summed E-state index contributed by atoms with van der Waals surface area (Å²) in [4.78, 5) is 6.39. The van der Waals surface area contributed by atoms with E-state index in [9.17, 15) is 4.39 Å². The van der Waals surface area contributed by atoms with Gasteiger partial charge in [-0.15, -0.1) is 24.0 Å². The first kappa shape index (κ1) is 17.6. The molecule has 1 aromatic carbocycles. The Hall–Kier alpha value is -0.500. The van der Waals surface area contributed by atoms with Gasteiger partial charge in [-0.1, -0.05) is 18.2 Å². The molecule has 0 saturated heterocycles. The fourth-order valence-electron chi connectivity index (χ4n) is 1.78. The van der Waals surface area contributed by atoms with Crippen molar-refractivity contribution in [3.05, 3.63) is 35.6 Å². The van der Waals surface area contributed by atoms with Crippen LogP contribution in [0.15, 0.2) is 29.3 Å². The van der Waals surface area contributed by atoms with Gasteiger partial charge < -0.3 is 10.6 Å². The van der Waals surface area contributed by atoms with Crippen molar-refractivity contribution in [2.24, 2.45) is 10.7 Å². The Labute approximate surface area is 141 Å². The van der Waals surface area contributed by atoms with Crippen LogP contribution in [0, 0.1) is 5.82 Å². The van der Waals surface area contributed by atoms with Gasteiger partial charge in [0.05, 0.1) is 6.54 Å². The Morgan fingerprint density at radius 1 is 1.45 bits per heavy atom. The Morgan fingerprint density at radius 2 is 2.15 bits per heavy atom. The van der Waals surface area contributed by atoms with Crippen LogP contribution < -0.4 is 5.73 Å². The highest BCUT2D eigenvalue weighted by atomic mass is 127. The van der Waals surface area contributed by atoms with Crippen molar-refractivity contribution in [3.63, 3.8) is 0 Å². The van der Waals surface area contributed by atoms with Crippen LogP contribution in [0.4, 0.5) is 4.39 Å². The maximum atomic E-state index is 13.4. The topological polar surface area (TPSA) is 41.6 Å². The summed E-state index contributed by atoms with van der Waals surface area (Å²) in [6.07, 6.45) is 2.43. The molecule has 0 aromatic heterocycles. The number of benzene rings is 1. The van der Waals surface area contributed by atoms with Crippen LogP contribution >= 0.6 is 35.7 Å². The fourth-order valence-corrected chi connectivity index (χ4v) is 2.60. The van der Waals surface area contributed by atoms with Gasteiger partial charge in [-0.05, 0) is 24.5 Å². The second-order valence-corrected chi connectivity index (χ2v) is 5.83. The van der Waals surface area contributed by atoms with Gasteiger partial charge in [-0.3, -0.25) is 4.99 Å². The Bertz CT molecular complexity index is 452. The summed E-state index contributed by atoms with van der Waals surface area (Å²) in [5.41, 5.74) is 6.63. The van der Waals surface area contributed by atoms with Gasteiger partial charge in [0.15, 0.2) is 5.96 Å². The molecule has 1 aliphatic carbocycles. The molecule has 3 nitrogen and oxygen atoms in total. The van der Waals surface area contributed by atoms with Crippen molar-refractivity contribution in [2.45, 2.75) is 24.6 Å². The van der Waals surface area contributed by atoms with Crippen LogP contribution in [0.2, 0.25) is 0 Å². The highest BCUT2D eigenvalue weighted by Gasteiger charge is 2.27. The molecular formula is C14H21FIN3S. The molecule has 20 heavy (non-hydrogen) atoms. The number of rotatable bonds is 6. The van der Waals surface area contributed by atoms with Crippen molar-refractivity contribution in [1.82, 2.24) is 4.90 Å². The van der Waals surface area contributed by atoms with Gasteiger partial charge in [0.25, 0.3) is 0 Å². The van der Waals surface area contributed by atoms with Gasteiger partial charge in [0, 0.05) is 24.6 Å². The molecule has 1 aromatic rings. The number of aliphatic imine (C=N–C) groups is 1. The molecule has 112 valence electrons. The maximum Gasteiger partial charge on any atom is 0.191 e. The fraction of sp³-hybridized carbons (Fsp3) is 0.500. The van der Waals surface area contributed by atoms with Crippen molar-refractivity contribution in [1.29, 1.82) is 0 Å². The van der Waals surface area contributed by atoms with E-state index in [2.05, 4.69) is 4.99 Å². The minimum atomic E-state index is -0.133. The summed E-state index contributed by atoms with van der Waals surface area (Å²) in [5, 5.41) is 0. The van der Waals surface area contributed by atoms with Gasteiger partial charge in [-0.2, -0.15) is 11.8 Å². The quantitative estimate of drug-likeness (QED) is 0.340. The number of guanidine groups is 1. The third-order valence-electron chi connectivity index (χ3n) is 3.18. The second-order valence-electron chi connectivity index (χ2n) is 4.73. The minimum Gasteiger partial charge on any atom is -0.370 e. The SMILES string of the molecule is CN(C(N)=NCCSCc1ccccc1F)C1CC1.I. The highest BCUT2D eigenvalue weighted by Crippen LogP contribution is 2.24. The van der Waals surface area contributed by atoms with Crippen molar-refractivity contribution in [2.75, 3.05) is 19.3 Å².